The number of anilines is 2. The number of nitrogens with one attached hydrogen (secondary N) is 3. The van der Waals surface area contributed by atoms with E-state index in [2.05, 4.69) is 15.6 Å². The molecule has 1 aliphatic rings. The third-order valence-electron chi connectivity index (χ3n) is 7.99. The summed E-state index contributed by atoms with van der Waals surface area (Å²) in [5.74, 6) is -0.812. The Labute approximate surface area is 238 Å². The molecule has 0 saturated carbocycles. The summed E-state index contributed by atoms with van der Waals surface area (Å²) in [5, 5.41) is 5.97. The third-order valence-corrected chi connectivity index (χ3v) is 7.99. The van der Waals surface area contributed by atoms with Crippen molar-refractivity contribution in [3.63, 3.8) is 0 Å². The standard InChI is InChI=1S/C32H34FN5O3/c1-20-9-8-18-38(20,31(40)30(37(3)4)23-10-6-5-7-11-23)32(41)35-25-16-17-27-26(19-25)28(33)29(36-27)22-12-14-24(15-13-22)34-21(2)39/h5-7,10-17,19-20,30,36H,8-9,18H2,1-4H3,(H-,34,35,39,41)/p+1/t20-,30-,38?/m1/s1. The van der Waals surface area contributed by atoms with Crippen LogP contribution in [0.5, 0.6) is 0 Å². The van der Waals surface area contributed by atoms with Crippen molar-refractivity contribution in [2.45, 2.75) is 38.8 Å². The predicted molar refractivity (Wildman–Crippen MR) is 159 cm³/mol. The molecule has 0 bridgehead atoms. The number of hydrogen-bond donors (Lipinski definition) is 3. The second-order valence-electron chi connectivity index (χ2n) is 11.0. The quantitative estimate of drug-likeness (QED) is 0.243. The molecule has 4 amide bonds. The number of nitrogens with zero attached hydrogens (tertiary/aromatic N) is 2. The van der Waals surface area contributed by atoms with Gasteiger partial charge in [-0.05, 0) is 56.9 Å². The lowest BCUT2D eigenvalue weighted by molar-refractivity contribution is -0.783. The van der Waals surface area contributed by atoms with Gasteiger partial charge in [0.1, 0.15) is 6.04 Å². The summed E-state index contributed by atoms with van der Waals surface area (Å²) in [5.41, 5.74) is 3.37. The number of imide groups is 1. The number of halogens is 1. The molecule has 212 valence electrons. The first-order chi connectivity index (χ1) is 19.6. The maximum atomic E-state index is 15.6. The minimum atomic E-state index is -0.591. The number of H-pyrrole nitrogens is 1. The molecular weight excluding hydrogens is 521 g/mol. The Morgan fingerprint density at radius 2 is 1.66 bits per heavy atom. The van der Waals surface area contributed by atoms with E-state index < -0.39 is 17.9 Å². The van der Waals surface area contributed by atoms with Crippen molar-refractivity contribution in [3.8, 4) is 11.3 Å². The summed E-state index contributed by atoms with van der Waals surface area (Å²) in [6.07, 6.45) is 1.51. The van der Waals surface area contributed by atoms with Gasteiger partial charge >= 0.3 is 11.9 Å². The predicted octanol–water partition coefficient (Wildman–Crippen LogP) is 6.29. The summed E-state index contributed by atoms with van der Waals surface area (Å²) >= 11 is 0. The van der Waals surface area contributed by atoms with Crippen LogP contribution in [0.3, 0.4) is 0 Å². The molecule has 9 heteroatoms. The Morgan fingerprint density at radius 3 is 2.27 bits per heavy atom. The van der Waals surface area contributed by atoms with Crippen LogP contribution in [-0.2, 0) is 9.59 Å². The first kappa shape index (κ1) is 28.2. The topological polar surface area (TPSA) is 94.3 Å². The summed E-state index contributed by atoms with van der Waals surface area (Å²) < 4.78 is 15.3. The monoisotopic (exact) mass is 556 g/mol. The fraction of sp³-hybridized carbons (Fsp3) is 0.281. The van der Waals surface area contributed by atoms with E-state index >= 15 is 4.39 Å². The number of aromatic nitrogens is 1. The number of benzene rings is 3. The van der Waals surface area contributed by atoms with Crippen molar-refractivity contribution in [3.05, 3.63) is 84.2 Å². The first-order valence-corrected chi connectivity index (χ1v) is 13.8. The SMILES string of the molecule is CC(=O)Nc1ccc(-c2[nH]c3ccc(NC(=O)[N+]4(C(=O)[C@@H](c5ccccc5)N(C)C)CCC[C@H]4C)cc3c2F)cc1. The normalized spacial score (nSPS) is 19.3. The summed E-state index contributed by atoms with van der Waals surface area (Å²) in [4.78, 5) is 44.5. The van der Waals surface area contributed by atoms with Crippen molar-refractivity contribution < 1.29 is 23.3 Å². The molecule has 3 aromatic carbocycles. The van der Waals surface area contributed by atoms with Gasteiger partial charge in [-0.1, -0.05) is 42.5 Å². The lowest BCUT2D eigenvalue weighted by Gasteiger charge is -2.37. The average molecular weight is 557 g/mol. The number of urea groups is 1. The van der Waals surface area contributed by atoms with Crippen molar-refractivity contribution in [2.24, 2.45) is 0 Å². The van der Waals surface area contributed by atoms with Crippen LogP contribution in [0.4, 0.5) is 20.6 Å². The molecule has 1 unspecified atom stereocenters. The Bertz CT molecular complexity index is 1600. The van der Waals surface area contributed by atoms with E-state index in [0.29, 0.717) is 40.1 Å². The molecule has 41 heavy (non-hydrogen) atoms. The lowest BCUT2D eigenvalue weighted by Crippen LogP contribution is -2.63. The minimum absolute atomic E-state index is 0.178. The highest BCUT2D eigenvalue weighted by atomic mass is 19.1. The zero-order valence-electron chi connectivity index (χ0n) is 23.7. The van der Waals surface area contributed by atoms with Crippen molar-refractivity contribution in [1.82, 2.24) is 9.88 Å². The Morgan fingerprint density at radius 1 is 0.976 bits per heavy atom. The largest absolute Gasteiger partial charge is 0.428 e. The first-order valence-electron chi connectivity index (χ1n) is 13.8. The molecule has 5 rings (SSSR count). The second-order valence-corrected chi connectivity index (χ2v) is 11.0. The molecule has 8 nitrogen and oxygen atoms in total. The molecule has 1 aromatic heterocycles. The number of quaternary nitrogens is 1. The summed E-state index contributed by atoms with van der Waals surface area (Å²) in [6.45, 7) is 3.78. The molecular formula is C32H35FN5O3+. The second kappa shape index (κ2) is 11.3. The van der Waals surface area contributed by atoms with Crippen LogP contribution >= 0.6 is 0 Å². The van der Waals surface area contributed by atoms with E-state index in [1.165, 1.54) is 6.92 Å². The van der Waals surface area contributed by atoms with Crippen LogP contribution in [-0.4, -0.2) is 58.9 Å². The lowest BCUT2D eigenvalue weighted by atomic mass is 10.0. The van der Waals surface area contributed by atoms with Gasteiger partial charge < -0.3 is 10.3 Å². The number of carbonyl (C=O) groups is 3. The number of fused-ring (bicyclic) bond motifs is 1. The van der Waals surface area contributed by atoms with E-state index in [-0.39, 0.29) is 22.3 Å². The highest BCUT2D eigenvalue weighted by Crippen LogP contribution is 2.36. The van der Waals surface area contributed by atoms with E-state index in [4.69, 9.17) is 0 Å². The van der Waals surface area contributed by atoms with Crippen molar-refractivity contribution in [2.75, 3.05) is 31.3 Å². The molecule has 3 atom stereocenters. The fourth-order valence-corrected chi connectivity index (χ4v) is 5.90. The summed E-state index contributed by atoms with van der Waals surface area (Å²) in [6, 6.07) is 20.2. The Kier molecular flexibility index (Phi) is 7.75. The molecule has 3 N–H and O–H groups in total. The van der Waals surface area contributed by atoms with Gasteiger partial charge in [0.25, 0.3) is 0 Å². The average Bonchev–Trinajstić information content (AvgIpc) is 3.49. The van der Waals surface area contributed by atoms with E-state index in [0.717, 1.165) is 18.4 Å². The molecule has 0 aliphatic carbocycles. The molecule has 0 spiro atoms. The van der Waals surface area contributed by atoms with Crippen LogP contribution in [0, 0.1) is 5.82 Å². The van der Waals surface area contributed by atoms with E-state index in [1.807, 2.05) is 56.3 Å². The van der Waals surface area contributed by atoms with Crippen LogP contribution in [0.2, 0.25) is 0 Å². The molecule has 1 saturated heterocycles. The van der Waals surface area contributed by atoms with Gasteiger partial charge in [0, 0.05) is 47.6 Å². The summed E-state index contributed by atoms with van der Waals surface area (Å²) in [7, 11) is 3.69. The Hall–Kier alpha value is -4.34. The number of amides is 4. The van der Waals surface area contributed by atoms with Gasteiger partial charge in [-0.2, -0.15) is 4.48 Å². The zero-order chi connectivity index (χ0) is 29.3. The zero-order valence-corrected chi connectivity index (χ0v) is 23.7. The molecule has 0 radical (unpaired) electrons. The molecule has 1 aliphatic heterocycles. The maximum absolute atomic E-state index is 15.6. The number of likely N-dealkylation sites (N-methyl/N-ethyl adjacent to an activating group) is 1. The highest BCUT2D eigenvalue weighted by Gasteiger charge is 2.55. The fourth-order valence-electron chi connectivity index (χ4n) is 5.90. The molecule has 2 heterocycles. The van der Waals surface area contributed by atoms with Gasteiger partial charge in [0.2, 0.25) is 5.91 Å². The Balaban J connectivity index is 1.45. The van der Waals surface area contributed by atoms with Gasteiger partial charge in [0.05, 0.1) is 12.2 Å². The smallest absolute Gasteiger partial charge is 0.352 e. The number of aromatic amines is 1. The van der Waals surface area contributed by atoms with Crippen molar-refractivity contribution in [1.29, 1.82) is 0 Å². The maximum Gasteiger partial charge on any atom is 0.428 e. The van der Waals surface area contributed by atoms with Crippen LogP contribution in [0.25, 0.3) is 22.2 Å². The van der Waals surface area contributed by atoms with Crippen LogP contribution in [0.1, 0.15) is 38.3 Å². The van der Waals surface area contributed by atoms with Gasteiger partial charge in [-0.25, -0.2) is 14.0 Å². The third kappa shape index (κ3) is 5.26. The molecule has 4 aromatic rings. The number of carbonyl (C=O) groups excluding carboxylic acids is 3. The molecule has 1 fully saturated rings. The number of hydrogen-bond acceptors (Lipinski definition) is 4. The van der Waals surface area contributed by atoms with Crippen LogP contribution in [0.15, 0.2) is 72.8 Å². The van der Waals surface area contributed by atoms with E-state index in [9.17, 15) is 14.4 Å². The number of likely N-dealkylation sites (tertiary alicyclic amines) is 1. The van der Waals surface area contributed by atoms with Crippen molar-refractivity contribution >= 4 is 40.1 Å². The number of rotatable bonds is 6. The van der Waals surface area contributed by atoms with E-state index in [1.54, 1.807) is 42.5 Å². The van der Waals surface area contributed by atoms with Gasteiger partial charge in [-0.3, -0.25) is 15.0 Å². The van der Waals surface area contributed by atoms with Crippen LogP contribution < -0.4 is 10.6 Å². The minimum Gasteiger partial charge on any atom is -0.352 e. The van der Waals surface area contributed by atoms with Gasteiger partial charge in [-0.15, -0.1) is 0 Å². The van der Waals surface area contributed by atoms with Gasteiger partial charge in [0.15, 0.2) is 11.9 Å². The highest BCUT2D eigenvalue weighted by molar-refractivity contribution is 5.97.